The van der Waals surface area contributed by atoms with Gasteiger partial charge in [-0.25, -0.2) is 0 Å². The lowest BCUT2D eigenvalue weighted by molar-refractivity contribution is -0.0201. The molecule has 2 nitrogen and oxygen atoms in total. The molecule has 1 aliphatic rings. The highest BCUT2D eigenvalue weighted by Gasteiger charge is 2.33. The average molecular weight is 246 g/mol. The summed E-state index contributed by atoms with van der Waals surface area (Å²) < 4.78 is 0. The van der Waals surface area contributed by atoms with Crippen molar-refractivity contribution in [1.82, 2.24) is 0 Å². The molecule has 2 rings (SSSR count). The molecule has 0 radical (unpaired) electrons. The SMILES string of the molecule is OC1(CNc2cc(Cl)ccc2Cl)CCC1. The summed E-state index contributed by atoms with van der Waals surface area (Å²) >= 11 is 11.8. The van der Waals surface area contributed by atoms with Crippen LogP contribution in [0.2, 0.25) is 10.0 Å². The molecule has 1 aromatic carbocycles. The number of hydrogen-bond donors (Lipinski definition) is 2. The van der Waals surface area contributed by atoms with Crippen LogP contribution < -0.4 is 5.32 Å². The van der Waals surface area contributed by atoms with E-state index in [-0.39, 0.29) is 0 Å². The molecule has 0 spiro atoms. The van der Waals surface area contributed by atoms with Gasteiger partial charge in [0.1, 0.15) is 0 Å². The molecule has 4 heteroatoms. The van der Waals surface area contributed by atoms with Gasteiger partial charge in [0.05, 0.1) is 16.3 Å². The van der Waals surface area contributed by atoms with Crippen molar-refractivity contribution in [2.75, 3.05) is 11.9 Å². The zero-order valence-corrected chi connectivity index (χ0v) is 9.78. The van der Waals surface area contributed by atoms with E-state index in [1.54, 1.807) is 18.2 Å². The standard InChI is InChI=1S/C11H13Cl2NO/c12-8-2-3-9(13)10(6-8)14-7-11(15)4-1-5-11/h2-3,6,14-15H,1,4-5,7H2. The van der Waals surface area contributed by atoms with Crippen LogP contribution in [0.5, 0.6) is 0 Å². The van der Waals surface area contributed by atoms with Crippen molar-refractivity contribution in [3.63, 3.8) is 0 Å². The lowest BCUT2D eigenvalue weighted by Crippen LogP contribution is -2.43. The molecule has 0 aliphatic heterocycles. The maximum absolute atomic E-state index is 9.89. The van der Waals surface area contributed by atoms with E-state index in [4.69, 9.17) is 23.2 Å². The Hall–Kier alpha value is -0.440. The predicted octanol–water partition coefficient (Wildman–Crippen LogP) is 3.32. The van der Waals surface area contributed by atoms with E-state index in [1.165, 1.54) is 0 Å². The third-order valence-electron chi connectivity index (χ3n) is 2.82. The van der Waals surface area contributed by atoms with Gasteiger partial charge in [-0.15, -0.1) is 0 Å². The van der Waals surface area contributed by atoms with Gasteiger partial charge in [-0.05, 0) is 37.5 Å². The van der Waals surface area contributed by atoms with Gasteiger partial charge in [0.2, 0.25) is 0 Å². The molecular formula is C11H13Cl2NO. The van der Waals surface area contributed by atoms with Crippen LogP contribution in [0.3, 0.4) is 0 Å². The summed E-state index contributed by atoms with van der Waals surface area (Å²) in [7, 11) is 0. The van der Waals surface area contributed by atoms with Gasteiger partial charge in [-0.3, -0.25) is 0 Å². The van der Waals surface area contributed by atoms with Crippen LogP contribution in [0.4, 0.5) is 5.69 Å². The fourth-order valence-corrected chi connectivity index (χ4v) is 2.01. The molecule has 0 saturated heterocycles. The van der Waals surface area contributed by atoms with Gasteiger partial charge in [-0.1, -0.05) is 23.2 Å². The Morgan fingerprint density at radius 1 is 1.33 bits per heavy atom. The Morgan fingerprint density at radius 3 is 2.67 bits per heavy atom. The molecule has 0 atom stereocenters. The topological polar surface area (TPSA) is 32.3 Å². The Bertz CT molecular complexity index is 364. The summed E-state index contributed by atoms with van der Waals surface area (Å²) in [6, 6.07) is 5.26. The van der Waals surface area contributed by atoms with Crippen LogP contribution >= 0.6 is 23.2 Å². The molecule has 0 bridgehead atoms. The highest BCUT2D eigenvalue weighted by atomic mass is 35.5. The van der Waals surface area contributed by atoms with Gasteiger partial charge in [-0.2, -0.15) is 0 Å². The maximum atomic E-state index is 9.89. The quantitative estimate of drug-likeness (QED) is 0.857. The van der Waals surface area contributed by atoms with E-state index < -0.39 is 5.60 Å². The average Bonchev–Trinajstić information content (AvgIpc) is 2.17. The Labute approximate surface area is 99.2 Å². The summed E-state index contributed by atoms with van der Waals surface area (Å²) in [5, 5.41) is 14.3. The second kappa shape index (κ2) is 4.20. The largest absolute Gasteiger partial charge is 0.388 e. The molecule has 1 aromatic rings. The summed E-state index contributed by atoms with van der Waals surface area (Å²) in [4.78, 5) is 0. The van der Waals surface area contributed by atoms with Gasteiger partial charge in [0.25, 0.3) is 0 Å². The summed E-state index contributed by atoms with van der Waals surface area (Å²) in [5.74, 6) is 0. The van der Waals surface area contributed by atoms with Crippen LogP contribution in [0, 0.1) is 0 Å². The van der Waals surface area contributed by atoms with Gasteiger partial charge >= 0.3 is 0 Å². The lowest BCUT2D eigenvalue weighted by atomic mass is 9.80. The normalized spacial score (nSPS) is 18.3. The van der Waals surface area contributed by atoms with Crippen molar-refractivity contribution in [1.29, 1.82) is 0 Å². The van der Waals surface area contributed by atoms with Crippen molar-refractivity contribution in [2.45, 2.75) is 24.9 Å². The Balaban J connectivity index is 2.01. The number of anilines is 1. The van der Waals surface area contributed by atoms with E-state index >= 15 is 0 Å². The third kappa shape index (κ3) is 2.57. The highest BCUT2D eigenvalue weighted by molar-refractivity contribution is 6.35. The molecular weight excluding hydrogens is 233 g/mol. The molecule has 1 fully saturated rings. The first-order chi connectivity index (χ1) is 7.09. The summed E-state index contributed by atoms with van der Waals surface area (Å²) in [6.07, 6.45) is 2.82. The molecule has 0 aromatic heterocycles. The minimum absolute atomic E-state index is 0.535. The third-order valence-corrected chi connectivity index (χ3v) is 3.39. The number of nitrogens with one attached hydrogen (secondary N) is 1. The highest BCUT2D eigenvalue weighted by Crippen LogP contribution is 2.33. The number of benzene rings is 1. The van der Waals surface area contributed by atoms with E-state index in [0.29, 0.717) is 16.6 Å². The first kappa shape index (κ1) is 11.1. The Morgan fingerprint density at radius 2 is 2.07 bits per heavy atom. The molecule has 1 aliphatic carbocycles. The molecule has 0 unspecified atom stereocenters. The zero-order chi connectivity index (χ0) is 10.9. The smallest absolute Gasteiger partial charge is 0.0819 e. The van der Waals surface area contributed by atoms with E-state index in [0.717, 1.165) is 24.9 Å². The van der Waals surface area contributed by atoms with Gasteiger partial charge in [0.15, 0.2) is 0 Å². The minimum atomic E-state index is -0.550. The fourth-order valence-electron chi connectivity index (χ4n) is 1.65. The van der Waals surface area contributed by atoms with E-state index in [1.807, 2.05) is 0 Å². The van der Waals surface area contributed by atoms with E-state index in [2.05, 4.69) is 5.32 Å². The number of halogens is 2. The fraction of sp³-hybridized carbons (Fsp3) is 0.455. The number of aliphatic hydroxyl groups is 1. The molecule has 0 heterocycles. The molecule has 15 heavy (non-hydrogen) atoms. The van der Waals surface area contributed by atoms with Gasteiger partial charge in [0, 0.05) is 11.6 Å². The second-order valence-electron chi connectivity index (χ2n) is 4.06. The summed E-state index contributed by atoms with van der Waals surface area (Å²) in [5.41, 5.74) is 0.232. The maximum Gasteiger partial charge on any atom is 0.0819 e. The minimum Gasteiger partial charge on any atom is -0.388 e. The summed E-state index contributed by atoms with van der Waals surface area (Å²) in [6.45, 7) is 0.535. The predicted molar refractivity (Wildman–Crippen MR) is 63.8 cm³/mol. The van der Waals surface area contributed by atoms with Crippen molar-refractivity contribution >= 4 is 28.9 Å². The van der Waals surface area contributed by atoms with Crippen LogP contribution in [0.15, 0.2) is 18.2 Å². The van der Waals surface area contributed by atoms with Crippen LogP contribution in [0.25, 0.3) is 0 Å². The number of hydrogen-bond acceptors (Lipinski definition) is 2. The van der Waals surface area contributed by atoms with Crippen LogP contribution in [-0.2, 0) is 0 Å². The lowest BCUT2D eigenvalue weighted by Gasteiger charge is -2.37. The monoisotopic (exact) mass is 245 g/mol. The van der Waals surface area contributed by atoms with Crippen LogP contribution in [-0.4, -0.2) is 17.3 Å². The number of rotatable bonds is 3. The molecule has 0 amide bonds. The van der Waals surface area contributed by atoms with E-state index in [9.17, 15) is 5.11 Å². The molecule has 82 valence electrons. The molecule has 1 saturated carbocycles. The first-order valence-corrected chi connectivity index (χ1v) is 5.76. The van der Waals surface area contributed by atoms with Crippen molar-refractivity contribution in [3.05, 3.63) is 28.2 Å². The van der Waals surface area contributed by atoms with Crippen molar-refractivity contribution in [3.8, 4) is 0 Å². The van der Waals surface area contributed by atoms with Crippen molar-refractivity contribution in [2.24, 2.45) is 0 Å². The zero-order valence-electron chi connectivity index (χ0n) is 8.26. The van der Waals surface area contributed by atoms with Gasteiger partial charge < -0.3 is 10.4 Å². The first-order valence-electron chi connectivity index (χ1n) is 5.00. The van der Waals surface area contributed by atoms with Crippen molar-refractivity contribution < 1.29 is 5.11 Å². The van der Waals surface area contributed by atoms with Crippen LogP contribution in [0.1, 0.15) is 19.3 Å². The second-order valence-corrected chi connectivity index (χ2v) is 4.90. The molecule has 2 N–H and O–H groups in total. The Kier molecular flexibility index (Phi) is 3.10.